The molecule has 1 aliphatic rings. The molecule has 1 aliphatic carbocycles. The van der Waals surface area contributed by atoms with Crippen LogP contribution in [-0.4, -0.2) is 5.11 Å². The van der Waals surface area contributed by atoms with Gasteiger partial charge in [0.25, 0.3) is 0 Å². The lowest BCUT2D eigenvalue weighted by molar-refractivity contribution is 0.156. The lowest BCUT2D eigenvalue weighted by Gasteiger charge is -2.22. The second kappa shape index (κ2) is 5.98. The number of benzene rings is 2. The van der Waals surface area contributed by atoms with E-state index in [-0.39, 0.29) is 6.10 Å². The highest BCUT2D eigenvalue weighted by Gasteiger charge is 2.18. The Morgan fingerprint density at radius 2 is 2.10 bits per heavy atom. The molecule has 0 bridgehead atoms. The van der Waals surface area contributed by atoms with Crippen LogP contribution in [0.25, 0.3) is 0 Å². The van der Waals surface area contributed by atoms with Crippen LogP contribution in [0.2, 0.25) is 0 Å². The van der Waals surface area contributed by atoms with Crippen LogP contribution in [0.3, 0.4) is 0 Å². The quantitative estimate of drug-likeness (QED) is 0.902. The third kappa shape index (κ3) is 3.05. The molecule has 2 aromatic rings. The van der Waals surface area contributed by atoms with E-state index >= 15 is 0 Å². The number of ether oxygens (including phenoxy) is 1. The largest absolute Gasteiger partial charge is 0.489 e. The molecule has 2 nitrogen and oxygen atoms in total. The van der Waals surface area contributed by atoms with Gasteiger partial charge < -0.3 is 9.84 Å². The molecule has 0 aromatic heterocycles. The summed E-state index contributed by atoms with van der Waals surface area (Å²) in [7, 11) is 0. The summed E-state index contributed by atoms with van der Waals surface area (Å²) in [5, 5.41) is 10.0. The molecule has 3 rings (SSSR count). The molecule has 0 saturated carbocycles. The Morgan fingerprint density at radius 3 is 2.95 bits per heavy atom. The normalized spacial score (nSPS) is 17.6. The van der Waals surface area contributed by atoms with E-state index in [1.54, 1.807) is 0 Å². The third-order valence-electron chi connectivity index (χ3n) is 3.69. The number of rotatable bonds is 3. The van der Waals surface area contributed by atoms with Crippen LogP contribution in [0.4, 0.5) is 0 Å². The molecule has 3 heteroatoms. The van der Waals surface area contributed by atoms with E-state index < -0.39 is 0 Å². The van der Waals surface area contributed by atoms with E-state index in [1.165, 1.54) is 5.56 Å². The Kier molecular flexibility index (Phi) is 4.08. The van der Waals surface area contributed by atoms with Gasteiger partial charge in [0.2, 0.25) is 0 Å². The SMILES string of the molecule is O[C@@H]1CCCc2ccc(OCc3cccc(Br)c3)cc21. The summed E-state index contributed by atoms with van der Waals surface area (Å²) < 4.78 is 6.88. The van der Waals surface area contributed by atoms with Gasteiger partial charge in [0, 0.05) is 4.47 Å². The van der Waals surface area contributed by atoms with Crippen LogP contribution in [0.15, 0.2) is 46.9 Å². The zero-order valence-electron chi connectivity index (χ0n) is 11.2. The van der Waals surface area contributed by atoms with Gasteiger partial charge in [-0.3, -0.25) is 0 Å². The van der Waals surface area contributed by atoms with Crippen LogP contribution >= 0.6 is 15.9 Å². The standard InChI is InChI=1S/C17H17BrO2/c18-14-5-1-3-12(9-14)11-20-15-8-7-13-4-2-6-17(19)16(13)10-15/h1,3,5,7-10,17,19H,2,4,6,11H2/t17-/m1/s1. The Bertz CT molecular complexity index is 610. The fourth-order valence-corrected chi connectivity index (χ4v) is 3.08. The number of fused-ring (bicyclic) bond motifs is 1. The van der Waals surface area contributed by atoms with Gasteiger partial charge in [0.15, 0.2) is 0 Å². The molecule has 0 radical (unpaired) electrons. The number of aliphatic hydroxyl groups excluding tert-OH is 1. The summed E-state index contributed by atoms with van der Waals surface area (Å²) in [6.45, 7) is 0.536. The van der Waals surface area contributed by atoms with Crippen molar-refractivity contribution < 1.29 is 9.84 Å². The van der Waals surface area contributed by atoms with E-state index in [2.05, 4.69) is 22.0 Å². The van der Waals surface area contributed by atoms with Crippen molar-refractivity contribution in [2.75, 3.05) is 0 Å². The molecule has 1 atom stereocenters. The first-order valence-corrected chi connectivity index (χ1v) is 7.70. The van der Waals surface area contributed by atoms with Crippen molar-refractivity contribution in [2.45, 2.75) is 32.0 Å². The van der Waals surface area contributed by atoms with Gasteiger partial charge in [-0.25, -0.2) is 0 Å². The summed E-state index contributed by atoms with van der Waals surface area (Å²) in [4.78, 5) is 0. The van der Waals surface area contributed by atoms with Crippen molar-refractivity contribution in [2.24, 2.45) is 0 Å². The Labute approximate surface area is 127 Å². The first kappa shape index (κ1) is 13.7. The zero-order chi connectivity index (χ0) is 13.9. The molecule has 0 fully saturated rings. The molecule has 0 saturated heterocycles. The Morgan fingerprint density at radius 1 is 1.20 bits per heavy atom. The minimum atomic E-state index is -0.340. The molecule has 0 aliphatic heterocycles. The summed E-state index contributed by atoms with van der Waals surface area (Å²) in [5.74, 6) is 0.824. The summed E-state index contributed by atoms with van der Waals surface area (Å²) in [6.07, 6.45) is 2.63. The number of halogens is 1. The number of hydrogen-bond acceptors (Lipinski definition) is 2. The average Bonchev–Trinajstić information content (AvgIpc) is 2.46. The summed E-state index contributed by atoms with van der Waals surface area (Å²) >= 11 is 3.46. The summed E-state index contributed by atoms with van der Waals surface area (Å²) in [6, 6.07) is 14.1. The molecule has 1 N–H and O–H groups in total. The molecular formula is C17H17BrO2. The minimum Gasteiger partial charge on any atom is -0.489 e. The molecule has 0 spiro atoms. The van der Waals surface area contributed by atoms with E-state index in [0.29, 0.717) is 6.61 Å². The molecule has 0 amide bonds. The maximum atomic E-state index is 10.0. The van der Waals surface area contributed by atoms with Crippen LogP contribution in [0.1, 0.15) is 35.6 Å². The minimum absolute atomic E-state index is 0.340. The van der Waals surface area contributed by atoms with Crippen LogP contribution < -0.4 is 4.74 Å². The predicted octanol–water partition coefficient (Wildman–Crippen LogP) is 4.40. The molecule has 0 unspecified atom stereocenters. The van der Waals surface area contributed by atoms with E-state index in [1.807, 2.05) is 36.4 Å². The van der Waals surface area contributed by atoms with Crippen molar-refractivity contribution in [3.8, 4) is 5.75 Å². The second-order valence-electron chi connectivity index (χ2n) is 5.19. The number of aryl methyl sites for hydroxylation is 1. The summed E-state index contributed by atoms with van der Waals surface area (Å²) in [5.41, 5.74) is 3.40. The monoisotopic (exact) mass is 332 g/mol. The lowest BCUT2D eigenvalue weighted by atomic mass is 9.89. The predicted molar refractivity (Wildman–Crippen MR) is 82.8 cm³/mol. The van der Waals surface area contributed by atoms with Crippen LogP contribution in [-0.2, 0) is 13.0 Å². The van der Waals surface area contributed by atoms with Gasteiger partial charge in [-0.2, -0.15) is 0 Å². The number of aliphatic hydroxyl groups is 1. The third-order valence-corrected chi connectivity index (χ3v) is 4.19. The molecule has 2 aromatic carbocycles. The lowest BCUT2D eigenvalue weighted by Crippen LogP contribution is -2.09. The second-order valence-corrected chi connectivity index (χ2v) is 6.10. The molecular weight excluding hydrogens is 316 g/mol. The van der Waals surface area contributed by atoms with Gasteiger partial charge >= 0.3 is 0 Å². The fraction of sp³-hybridized carbons (Fsp3) is 0.294. The first-order chi connectivity index (χ1) is 9.72. The maximum absolute atomic E-state index is 10.0. The smallest absolute Gasteiger partial charge is 0.120 e. The highest BCUT2D eigenvalue weighted by molar-refractivity contribution is 9.10. The fourth-order valence-electron chi connectivity index (χ4n) is 2.64. The van der Waals surface area contributed by atoms with E-state index in [9.17, 15) is 5.11 Å². The molecule has 0 heterocycles. The van der Waals surface area contributed by atoms with Crippen molar-refractivity contribution in [1.82, 2.24) is 0 Å². The Balaban J connectivity index is 1.73. The van der Waals surface area contributed by atoms with Crippen LogP contribution in [0.5, 0.6) is 5.75 Å². The van der Waals surface area contributed by atoms with Gasteiger partial charge in [-0.15, -0.1) is 0 Å². The van der Waals surface area contributed by atoms with Crippen molar-refractivity contribution >= 4 is 15.9 Å². The van der Waals surface area contributed by atoms with Crippen molar-refractivity contribution in [1.29, 1.82) is 0 Å². The van der Waals surface area contributed by atoms with Crippen LogP contribution in [0, 0.1) is 0 Å². The van der Waals surface area contributed by atoms with Gasteiger partial charge in [-0.1, -0.05) is 34.1 Å². The van der Waals surface area contributed by atoms with Gasteiger partial charge in [-0.05, 0) is 60.2 Å². The maximum Gasteiger partial charge on any atom is 0.120 e. The van der Waals surface area contributed by atoms with Crippen molar-refractivity contribution in [3.63, 3.8) is 0 Å². The zero-order valence-corrected chi connectivity index (χ0v) is 12.8. The van der Waals surface area contributed by atoms with Gasteiger partial charge in [0.1, 0.15) is 12.4 Å². The number of hydrogen-bond donors (Lipinski definition) is 1. The first-order valence-electron chi connectivity index (χ1n) is 6.90. The van der Waals surface area contributed by atoms with Crippen molar-refractivity contribution in [3.05, 3.63) is 63.6 Å². The average molecular weight is 333 g/mol. The topological polar surface area (TPSA) is 29.5 Å². The van der Waals surface area contributed by atoms with Gasteiger partial charge in [0.05, 0.1) is 6.10 Å². The Hall–Kier alpha value is -1.32. The molecule has 20 heavy (non-hydrogen) atoms. The highest BCUT2D eigenvalue weighted by Crippen LogP contribution is 2.32. The molecule has 104 valence electrons. The highest BCUT2D eigenvalue weighted by atomic mass is 79.9. The van der Waals surface area contributed by atoms with E-state index in [4.69, 9.17) is 4.74 Å². The van der Waals surface area contributed by atoms with E-state index in [0.717, 1.165) is 40.6 Å².